The highest BCUT2D eigenvalue weighted by Gasteiger charge is 2.30. The van der Waals surface area contributed by atoms with Crippen LogP contribution in [0.15, 0.2) is 59.1 Å². The molecule has 1 atom stereocenters. The van der Waals surface area contributed by atoms with Crippen LogP contribution in [0, 0.1) is 0 Å². The lowest BCUT2D eigenvalue weighted by molar-refractivity contribution is 0.322. The molecule has 2 heterocycles. The zero-order valence-electron chi connectivity index (χ0n) is 15.7. The standard InChI is InChI=1S/C21H19ClN2O3S/c1-25-18-10-14(11-19(26-2)20(18)27-3)17-12-16(13-4-6-15(22)7-5-13)23-21-24(17)8-9-28-21/h4-12,17H,1-3H3. The minimum absolute atomic E-state index is 0.0573. The van der Waals surface area contributed by atoms with Gasteiger partial charge in [0, 0.05) is 16.8 Å². The average Bonchev–Trinajstić information content (AvgIpc) is 3.21. The van der Waals surface area contributed by atoms with Crippen LogP contribution in [0.2, 0.25) is 5.02 Å². The molecule has 0 radical (unpaired) electrons. The lowest BCUT2D eigenvalue weighted by Crippen LogP contribution is -2.27. The first-order valence-corrected chi connectivity index (χ1v) is 9.88. The van der Waals surface area contributed by atoms with Gasteiger partial charge in [0.25, 0.3) is 0 Å². The smallest absolute Gasteiger partial charge is 0.203 e. The third-order valence-electron chi connectivity index (χ3n) is 4.62. The number of hydrogen-bond donors (Lipinski definition) is 0. The molecule has 4 rings (SSSR count). The van der Waals surface area contributed by atoms with E-state index in [9.17, 15) is 0 Å². The van der Waals surface area contributed by atoms with Crippen molar-refractivity contribution in [2.24, 2.45) is 4.99 Å². The van der Waals surface area contributed by atoms with Gasteiger partial charge in [-0.1, -0.05) is 35.5 Å². The molecule has 0 saturated carbocycles. The monoisotopic (exact) mass is 414 g/mol. The van der Waals surface area contributed by atoms with E-state index in [4.69, 9.17) is 30.8 Å². The third-order valence-corrected chi connectivity index (χ3v) is 5.64. The lowest BCUT2D eigenvalue weighted by atomic mass is 10.00. The first-order valence-electron chi connectivity index (χ1n) is 8.62. The number of benzene rings is 2. The maximum absolute atomic E-state index is 6.04. The Morgan fingerprint density at radius 2 is 1.68 bits per heavy atom. The number of aliphatic imine (C=N–C) groups is 1. The van der Waals surface area contributed by atoms with Gasteiger partial charge in [-0.25, -0.2) is 4.99 Å². The predicted molar refractivity (Wildman–Crippen MR) is 114 cm³/mol. The number of rotatable bonds is 5. The van der Waals surface area contributed by atoms with Crippen LogP contribution in [0.25, 0.3) is 5.70 Å². The molecule has 2 aliphatic heterocycles. The Kier molecular flexibility index (Phi) is 5.24. The zero-order chi connectivity index (χ0) is 19.7. The van der Waals surface area contributed by atoms with Crippen molar-refractivity contribution in [3.8, 4) is 17.2 Å². The van der Waals surface area contributed by atoms with E-state index in [-0.39, 0.29) is 6.04 Å². The van der Waals surface area contributed by atoms with Crippen LogP contribution in [0.4, 0.5) is 0 Å². The maximum Gasteiger partial charge on any atom is 0.203 e. The predicted octanol–water partition coefficient (Wildman–Crippen LogP) is 5.34. The Hall–Kier alpha value is -2.57. The molecule has 5 nitrogen and oxygen atoms in total. The highest BCUT2D eigenvalue weighted by atomic mass is 35.5. The van der Waals surface area contributed by atoms with E-state index in [1.165, 1.54) is 0 Å². The molecule has 0 spiro atoms. The van der Waals surface area contributed by atoms with Gasteiger partial charge in [0.1, 0.15) is 0 Å². The molecule has 28 heavy (non-hydrogen) atoms. The highest BCUT2D eigenvalue weighted by Crippen LogP contribution is 2.44. The summed E-state index contributed by atoms with van der Waals surface area (Å²) in [5.41, 5.74) is 2.93. The number of hydrogen-bond acceptors (Lipinski definition) is 6. The van der Waals surface area contributed by atoms with E-state index in [0.717, 1.165) is 22.0 Å². The van der Waals surface area contributed by atoms with Crippen LogP contribution in [0.5, 0.6) is 17.2 Å². The molecular formula is C21H19ClN2O3S. The van der Waals surface area contributed by atoms with Crippen molar-refractivity contribution in [3.63, 3.8) is 0 Å². The Labute approximate surface area is 173 Å². The van der Waals surface area contributed by atoms with Gasteiger partial charge < -0.3 is 19.1 Å². The second-order valence-electron chi connectivity index (χ2n) is 6.17. The second-order valence-corrected chi connectivity index (χ2v) is 7.48. The Balaban J connectivity index is 1.82. The van der Waals surface area contributed by atoms with Crippen LogP contribution in [-0.4, -0.2) is 31.4 Å². The molecule has 0 N–H and O–H groups in total. The molecule has 1 unspecified atom stereocenters. The number of nitrogens with zero attached hydrogens (tertiary/aromatic N) is 2. The van der Waals surface area contributed by atoms with Crippen molar-refractivity contribution in [2.45, 2.75) is 6.04 Å². The molecule has 2 aromatic carbocycles. The Morgan fingerprint density at radius 3 is 2.29 bits per heavy atom. The summed E-state index contributed by atoms with van der Waals surface area (Å²) in [7, 11) is 4.84. The minimum atomic E-state index is -0.0573. The molecule has 0 aromatic heterocycles. The summed E-state index contributed by atoms with van der Waals surface area (Å²) in [5.74, 6) is 1.82. The summed E-state index contributed by atoms with van der Waals surface area (Å²) in [5, 5.41) is 3.65. The summed E-state index contributed by atoms with van der Waals surface area (Å²) in [4.78, 5) is 6.94. The van der Waals surface area contributed by atoms with Gasteiger partial charge in [-0.2, -0.15) is 0 Å². The normalized spacial score (nSPS) is 17.7. The first kappa shape index (κ1) is 18.8. The number of amidine groups is 1. The number of thioether (sulfide) groups is 1. The van der Waals surface area contributed by atoms with Gasteiger partial charge in [0.15, 0.2) is 16.7 Å². The van der Waals surface area contributed by atoms with E-state index in [2.05, 4.69) is 11.0 Å². The summed E-state index contributed by atoms with van der Waals surface area (Å²) in [6, 6.07) is 11.6. The summed E-state index contributed by atoms with van der Waals surface area (Å²) in [6.45, 7) is 0. The van der Waals surface area contributed by atoms with Gasteiger partial charge in [-0.05, 0) is 41.3 Å². The topological polar surface area (TPSA) is 43.3 Å². The van der Waals surface area contributed by atoms with Gasteiger partial charge in [-0.3, -0.25) is 0 Å². The largest absolute Gasteiger partial charge is 0.493 e. The van der Waals surface area contributed by atoms with E-state index in [1.807, 2.05) is 48.0 Å². The fourth-order valence-corrected chi connectivity index (χ4v) is 4.14. The maximum atomic E-state index is 6.04. The lowest BCUT2D eigenvalue weighted by Gasteiger charge is -2.30. The van der Waals surface area contributed by atoms with E-state index in [0.29, 0.717) is 22.3 Å². The Bertz CT molecular complexity index is 961. The average molecular weight is 415 g/mol. The highest BCUT2D eigenvalue weighted by molar-refractivity contribution is 8.16. The summed E-state index contributed by atoms with van der Waals surface area (Å²) in [6.07, 6.45) is 4.16. The molecule has 2 aromatic rings. The van der Waals surface area contributed by atoms with Gasteiger partial charge in [0.05, 0.1) is 33.1 Å². The summed E-state index contributed by atoms with van der Waals surface area (Å²) < 4.78 is 16.5. The quantitative estimate of drug-likeness (QED) is 0.660. The van der Waals surface area contributed by atoms with E-state index >= 15 is 0 Å². The molecule has 7 heteroatoms. The van der Waals surface area contributed by atoms with E-state index < -0.39 is 0 Å². The molecule has 2 aliphatic rings. The summed E-state index contributed by atoms with van der Waals surface area (Å²) >= 11 is 7.64. The second kappa shape index (κ2) is 7.81. The molecule has 0 bridgehead atoms. The van der Waals surface area contributed by atoms with Crippen LogP contribution < -0.4 is 14.2 Å². The minimum Gasteiger partial charge on any atom is -0.493 e. The van der Waals surface area contributed by atoms with Crippen molar-refractivity contribution >= 4 is 34.2 Å². The molecule has 0 saturated heterocycles. The van der Waals surface area contributed by atoms with Gasteiger partial charge in [-0.15, -0.1) is 0 Å². The number of fused-ring (bicyclic) bond motifs is 1. The van der Waals surface area contributed by atoms with Crippen molar-refractivity contribution < 1.29 is 14.2 Å². The number of halogens is 1. The number of methoxy groups -OCH3 is 3. The number of ether oxygens (including phenoxy) is 3. The van der Waals surface area contributed by atoms with Gasteiger partial charge >= 0.3 is 0 Å². The van der Waals surface area contributed by atoms with Crippen molar-refractivity contribution in [1.82, 2.24) is 4.90 Å². The van der Waals surface area contributed by atoms with Crippen molar-refractivity contribution in [1.29, 1.82) is 0 Å². The SMILES string of the molecule is COc1cc(C2C=C(c3ccc(Cl)cc3)N=C3SC=CN32)cc(OC)c1OC. The van der Waals surface area contributed by atoms with E-state index in [1.54, 1.807) is 33.1 Å². The fourth-order valence-electron chi connectivity index (χ4n) is 3.26. The van der Waals surface area contributed by atoms with Crippen molar-refractivity contribution in [2.75, 3.05) is 21.3 Å². The van der Waals surface area contributed by atoms with Crippen LogP contribution >= 0.6 is 23.4 Å². The fraction of sp³-hybridized carbons (Fsp3) is 0.190. The van der Waals surface area contributed by atoms with Crippen LogP contribution in [-0.2, 0) is 0 Å². The molecule has 0 aliphatic carbocycles. The zero-order valence-corrected chi connectivity index (χ0v) is 17.3. The molecule has 144 valence electrons. The third kappa shape index (κ3) is 3.34. The molecule has 0 fully saturated rings. The van der Waals surface area contributed by atoms with Gasteiger partial charge in [0.2, 0.25) is 5.75 Å². The van der Waals surface area contributed by atoms with Crippen LogP contribution in [0.1, 0.15) is 17.2 Å². The van der Waals surface area contributed by atoms with Crippen molar-refractivity contribution in [3.05, 3.63) is 70.2 Å². The van der Waals surface area contributed by atoms with Crippen LogP contribution in [0.3, 0.4) is 0 Å². The Morgan fingerprint density at radius 1 is 1.00 bits per heavy atom. The first-order chi connectivity index (χ1) is 13.6. The molecule has 0 amide bonds. The molecular weight excluding hydrogens is 396 g/mol.